The molecular formula is C16H17NO2. The van der Waals surface area contributed by atoms with E-state index in [4.69, 9.17) is 4.74 Å². The van der Waals surface area contributed by atoms with E-state index in [2.05, 4.69) is 23.5 Å². The standard InChI is InChI=1S/C16H17NO2/c18-12-5-4-10-11-8-9-2-1-3-13-14(9)16(10,6-7-17-11)15(12)19-13/h1-3,10-11,15,17H,4-8H2. The quantitative estimate of drug-likeness (QED) is 0.765. The van der Waals surface area contributed by atoms with Gasteiger partial charge in [-0.15, -0.1) is 0 Å². The molecule has 1 saturated heterocycles. The zero-order valence-corrected chi connectivity index (χ0v) is 10.8. The number of rotatable bonds is 0. The van der Waals surface area contributed by atoms with Gasteiger partial charge in [0.2, 0.25) is 0 Å². The van der Waals surface area contributed by atoms with Crippen molar-refractivity contribution in [2.75, 3.05) is 6.54 Å². The van der Waals surface area contributed by atoms with Crippen molar-refractivity contribution < 1.29 is 9.53 Å². The van der Waals surface area contributed by atoms with Crippen LogP contribution in [0.1, 0.15) is 30.4 Å². The zero-order valence-electron chi connectivity index (χ0n) is 10.8. The van der Waals surface area contributed by atoms with Crippen molar-refractivity contribution >= 4 is 5.78 Å². The third-order valence-corrected chi connectivity index (χ3v) is 5.82. The minimum absolute atomic E-state index is 0.00454. The molecular weight excluding hydrogens is 238 g/mol. The van der Waals surface area contributed by atoms with E-state index in [9.17, 15) is 4.79 Å². The number of nitrogens with one attached hydrogen (secondary N) is 1. The van der Waals surface area contributed by atoms with Gasteiger partial charge in [-0.05, 0) is 43.4 Å². The van der Waals surface area contributed by atoms with Crippen molar-refractivity contribution in [3.63, 3.8) is 0 Å². The van der Waals surface area contributed by atoms with Crippen LogP contribution in [0.25, 0.3) is 0 Å². The fraction of sp³-hybridized carbons (Fsp3) is 0.562. The monoisotopic (exact) mass is 255 g/mol. The predicted molar refractivity (Wildman–Crippen MR) is 70.4 cm³/mol. The first kappa shape index (κ1) is 10.4. The highest BCUT2D eigenvalue weighted by molar-refractivity contribution is 5.88. The normalized spacial score (nSPS) is 41.7. The minimum atomic E-state index is -0.202. The molecule has 1 N–H and O–H groups in total. The second-order valence-electron chi connectivity index (χ2n) is 6.45. The summed E-state index contributed by atoms with van der Waals surface area (Å²) in [6, 6.07) is 6.89. The van der Waals surface area contributed by atoms with Crippen molar-refractivity contribution in [3.05, 3.63) is 29.3 Å². The van der Waals surface area contributed by atoms with Crippen molar-refractivity contribution in [1.29, 1.82) is 0 Å². The highest BCUT2D eigenvalue weighted by atomic mass is 16.5. The Morgan fingerprint density at radius 3 is 3.26 bits per heavy atom. The van der Waals surface area contributed by atoms with E-state index in [1.165, 1.54) is 11.1 Å². The summed E-state index contributed by atoms with van der Waals surface area (Å²) in [5.74, 6) is 1.89. The lowest BCUT2D eigenvalue weighted by Gasteiger charge is -2.54. The maximum Gasteiger partial charge on any atom is 0.174 e. The Morgan fingerprint density at radius 2 is 2.32 bits per heavy atom. The number of carbonyl (C=O) groups is 1. The molecule has 2 aliphatic heterocycles. The second-order valence-corrected chi connectivity index (χ2v) is 6.45. The van der Waals surface area contributed by atoms with E-state index in [1.807, 2.05) is 0 Å². The number of carbonyl (C=O) groups excluding carboxylic acids is 1. The molecule has 1 aromatic carbocycles. The van der Waals surface area contributed by atoms with Crippen LogP contribution in [0.2, 0.25) is 0 Å². The van der Waals surface area contributed by atoms with Crippen LogP contribution in [0.4, 0.5) is 0 Å². The Bertz CT molecular complexity index is 596. The number of hydrogen-bond donors (Lipinski definition) is 1. The van der Waals surface area contributed by atoms with E-state index in [0.717, 1.165) is 31.6 Å². The molecule has 2 aliphatic carbocycles. The van der Waals surface area contributed by atoms with E-state index < -0.39 is 0 Å². The summed E-state index contributed by atoms with van der Waals surface area (Å²) < 4.78 is 6.11. The Labute approximate surface area is 112 Å². The van der Waals surface area contributed by atoms with Crippen LogP contribution in [0.3, 0.4) is 0 Å². The highest BCUT2D eigenvalue weighted by Gasteiger charge is 2.63. The minimum Gasteiger partial charge on any atom is -0.481 e. The van der Waals surface area contributed by atoms with E-state index in [0.29, 0.717) is 24.2 Å². The number of ether oxygens (including phenoxy) is 1. The molecule has 4 aliphatic rings. The molecule has 3 nitrogen and oxygen atoms in total. The molecule has 19 heavy (non-hydrogen) atoms. The molecule has 1 saturated carbocycles. The lowest BCUT2D eigenvalue weighted by atomic mass is 9.52. The van der Waals surface area contributed by atoms with Gasteiger partial charge in [-0.1, -0.05) is 12.1 Å². The lowest BCUT2D eigenvalue weighted by molar-refractivity contribution is -0.135. The van der Waals surface area contributed by atoms with Gasteiger partial charge in [-0.25, -0.2) is 0 Å². The van der Waals surface area contributed by atoms with Gasteiger partial charge in [-0.3, -0.25) is 4.79 Å². The van der Waals surface area contributed by atoms with Gasteiger partial charge in [0.15, 0.2) is 11.9 Å². The summed E-state index contributed by atoms with van der Waals surface area (Å²) in [6.07, 6.45) is 3.67. The molecule has 1 spiro atoms. The number of benzene rings is 1. The molecule has 98 valence electrons. The summed E-state index contributed by atoms with van der Waals surface area (Å²) in [4.78, 5) is 12.4. The van der Waals surface area contributed by atoms with E-state index in [1.54, 1.807) is 0 Å². The molecule has 2 fully saturated rings. The smallest absolute Gasteiger partial charge is 0.174 e. The Balaban J connectivity index is 1.84. The topological polar surface area (TPSA) is 38.3 Å². The van der Waals surface area contributed by atoms with Gasteiger partial charge in [0.25, 0.3) is 0 Å². The summed E-state index contributed by atoms with van der Waals surface area (Å²) in [7, 11) is 0. The van der Waals surface area contributed by atoms with Crippen LogP contribution in [0, 0.1) is 5.92 Å². The van der Waals surface area contributed by atoms with Crippen LogP contribution in [0.5, 0.6) is 5.75 Å². The van der Waals surface area contributed by atoms with Gasteiger partial charge in [0.05, 0.1) is 0 Å². The second kappa shape index (κ2) is 3.21. The van der Waals surface area contributed by atoms with Crippen LogP contribution >= 0.6 is 0 Å². The molecule has 3 heteroatoms. The predicted octanol–water partition coefficient (Wildman–Crippen LogP) is 1.58. The largest absolute Gasteiger partial charge is 0.481 e. The number of piperidine rings is 1. The summed E-state index contributed by atoms with van der Waals surface area (Å²) >= 11 is 0. The first-order valence-electron chi connectivity index (χ1n) is 7.36. The molecule has 0 radical (unpaired) electrons. The van der Waals surface area contributed by atoms with Gasteiger partial charge in [0.1, 0.15) is 5.75 Å². The van der Waals surface area contributed by atoms with Crippen LogP contribution < -0.4 is 10.1 Å². The van der Waals surface area contributed by atoms with Gasteiger partial charge in [-0.2, -0.15) is 0 Å². The zero-order chi connectivity index (χ0) is 12.6. The third kappa shape index (κ3) is 1.04. The average molecular weight is 255 g/mol. The Morgan fingerprint density at radius 1 is 1.37 bits per heavy atom. The SMILES string of the molecule is O=C1CCC2C3Cc4cccc5c4C2(CCN3)C1O5. The summed E-state index contributed by atoms with van der Waals surface area (Å²) in [5.41, 5.74) is 2.79. The Hall–Kier alpha value is -1.35. The first-order chi connectivity index (χ1) is 9.30. The molecule has 2 heterocycles. The molecule has 4 unspecified atom stereocenters. The first-order valence-corrected chi connectivity index (χ1v) is 7.36. The molecule has 2 bridgehead atoms. The number of Topliss-reactive ketones (excluding diaryl/α,β-unsaturated/α-hetero) is 1. The van der Waals surface area contributed by atoms with Crippen LogP contribution in [0.15, 0.2) is 18.2 Å². The van der Waals surface area contributed by atoms with E-state index >= 15 is 0 Å². The van der Waals surface area contributed by atoms with Gasteiger partial charge in [0, 0.05) is 23.4 Å². The fourth-order valence-corrected chi connectivity index (χ4v) is 5.22. The third-order valence-electron chi connectivity index (χ3n) is 5.82. The van der Waals surface area contributed by atoms with Gasteiger partial charge >= 0.3 is 0 Å². The summed E-state index contributed by atoms with van der Waals surface area (Å²) in [6.45, 7) is 1.02. The fourth-order valence-electron chi connectivity index (χ4n) is 5.22. The van der Waals surface area contributed by atoms with Crippen molar-refractivity contribution in [3.8, 4) is 5.75 Å². The molecule has 0 aromatic heterocycles. The maximum atomic E-state index is 12.4. The number of ketones is 1. The van der Waals surface area contributed by atoms with Crippen molar-refractivity contribution in [1.82, 2.24) is 5.32 Å². The number of hydrogen-bond acceptors (Lipinski definition) is 3. The highest BCUT2D eigenvalue weighted by Crippen LogP contribution is 2.59. The van der Waals surface area contributed by atoms with Crippen molar-refractivity contribution in [2.45, 2.75) is 43.2 Å². The molecule has 0 amide bonds. The van der Waals surface area contributed by atoms with Crippen LogP contribution in [-0.2, 0) is 16.6 Å². The molecule has 4 atom stereocenters. The molecule has 5 rings (SSSR count). The average Bonchev–Trinajstić information content (AvgIpc) is 2.74. The Kier molecular flexibility index (Phi) is 1.76. The molecule has 1 aromatic rings. The van der Waals surface area contributed by atoms with Crippen LogP contribution in [-0.4, -0.2) is 24.5 Å². The van der Waals surface area contributed by atoms with Crippen molar-refractivity contribution in [2.24, 2.45) is 5.92 Å². The summed E-state index contributed by atoms with van der Waals surface area (Å²) in [5, 5.41) is 3.68. The van der Waals surface area contributed by atoms with Gasteiger partial charge < -0.3 is 10.1 Å². The lowest BCUT2D eigenvalue weighted by Crippen LogP contribution is -2.65. The van der Waals surface area contributed by atoms with E-state index in [-0.39, 0.29) is 11.5 Å². The maximum absolute atomic E-state index is 12.4.